The van der Waals surface area contributed by atoms with E-state index in [0.29, 0.717) is 12.8 Å². The van der Waals surface area contributed by atoms with Gasteiger partial charge in [0, 0.05) is 24.0 Å². The number of ketones is 2. The van der Waals surface area contributed by atoms with Gasteiger partial charge in [0.2, 0.25) is 0 Å². The van der Waals surface area contributed by atoms with Crippen molar-refractivity contribution in [1.29, 1.82) is 0 Å². The van der Waals surface area contributed by atoms with Crippen molar-refractivity contribution in [2.24, 2.45) is 0 Å². The van der Waals surface area contributed by atoms with Gasteiger partial charge in [0.15, 0.2) is 11.6 Å². The average Bonchev–Trinajstić information content (AvgIpc) is 2.68. The molecule has 2 aromatic carbocycles. The van der Waals surface area contributed by atoms with Crippen LogP contribution in [0.4, 0.5) is 0 Å². The molecule has 2 aliphatic rings. The second-order valence-corrected chi connectivity index (χ2v) is 6.60. The molecule has 0 fully saturated rings. The highest BCUT2D eigenvalue weighted by Gasteiger charge is 2.17. The molecule has 0 radical (unpaired) electrons. The second-order valence-electron chi connectivity index (χ2n) is 6.60. The topological polar surface area (TPSA) is 52.6 Å². The van der Waals surface area contributed by atoms with E-state index in [0.717, 1.165) is 59.4 Å². The van der Waals surface area contributed by atoms with Gasteiger partial charge in [-0.25, -0.2) is 0 Å². The van der Waals surface area contributed by atoms with E-state index in [1.807, 2.05) is 36.4 Å². The van der Waals surface area contributed by atoms with Crippen LogP contribution in [0.5, 0.6) is 11.5 Å². The Kier molecular flexibility index (Phi) is 5.71. The zero-order valence-corrected chi connectivity index (χ0v) is 15.3. The van der Waals surface area contributed by atoms with Crippen molar-refractivity contribution in [2.75, 3.05) is 14.2 Å². The van der Waals surface area contributed by atoms with Crippen molar-refractivity contribution >= 4 is 11.6 Å². The summed E-state index contributed by atoms with van der Waals surface area (Å²) in [7, 11) is 3.29. The number of methoxy groups -OCH3 is 2. The Labute approximate surface area is 154 Å². The van der Waals surface area contributed by atoms with Crippen molar-refractivity contribution in [3.8, 4) is 11.5 Å². The molecule has 0 atom stereocenters. The number of rotatable bonds is 2. The van der Waals surface area contributed by atoms with Gasteiger partial charge in [0.05, 0.1) is 14.2 Å². The van der Waals surface area contributed by atoms with Crippen LogP contribution >= 0.6 is 0 Å². The molecule has 2 aromatic rings. The maximum atomic E-state index is 11.4. The van der Waals surface area contributed by atoms with Gasteiger partial charge in [-0.15, -0.1) is 0 Å². The van der Waals surface area contributed by atoms with Crippen LogP contribution in [0, 0.1) is 0 Å². The lowest BCUT2D eigenvalue weighted by Gasteiger charge is -2.14. The van der Waals surface area contributed by atoms with E-state index in [1.165, 1.54) is 0 Å². The molecule has 4 nitrogen and oxygen atoms in total. The first-order valence-corrected chi connectivity index (χ1v) is 9.02. The Morgan fingerprint density at radius 1 is 0.654 bits per heavy atom. The summed E-state index contributed by atoms with van der Waals surface area (Å²) in [5.41, 5.74) is 4.03. The average molecular weight is 352 g/mol. The Morgan fingerprint density at radius 2 is 1.08 bits per heavy atom. The molecule has 0 aromatic heterocycles. The zero-order valence-electron chi connectivity index (χ0n) is 15.3. The van der Waals surface area contributed by atoms with Crippen LogP contribution in [0.1, 0.15) is 57.5 Å². The van der Waals surface area contributed by atoms with Crippen molar-refractivity contribution in [3.63, 3.8) is 0 Å². The number of Topliss-reactive ketones (excluding diaryl/α,β-unsaturated/α-hetero) is 2. The Hall–Kier alpha value is -2.62. The quantitative estimate of drug-likeness (QED) is 0.802. The van der Waals surface area contributed by atoms with Crippen LogP contribution in [-0.2, 0) is 12.8 Å². The van der Waals surface area contributed by atoms with E-state index in [2.05, 4.69) is 0 Å². The maximum Gasteiger partial charge on any atom is 0.163 e. The van der Waals surface area contributed by atoms with E-state index < -0.39 is 0 Å². The number of hydrogen-bond acceptors (Lipinski definition) is 4. The molecule has 0 amide bonds. The minimum atomic E-state index is 0.268. The molecule has 0 bridgehead atoms. The molecular weight excluding hydrogens is 328 g/mol. The molecule has 2 aliphatic carbocycles. The summed E-state index contributed by atoms with van der Waals surface area (Å²) in [5, 5.41) is 0. The third kappa shape index (κ3) is 3.96. The van der Waals surface area contributed by atoms with Gasteiger partial charge < -0.3 is 9.47 Å². The first kappa shape index (κ1) is 18.2. The highest BCUT2D eigenvalue weighted by Crippen LogP contribution is 2.26. The second kappa shape index (κ2) is 8.17. The van der Waals surface area contributed by atoms with Crippen molar-refractivity contribution in [3.05, 3.63) is 58.7 Å². The fraction of sp³-hybridized carbons (Fsp3) is 0.364. The number of ether oxygens (including phenoxy) is 2. The van der Waals surface area contributed by atoms with Gasteiger partial charge in [-0.05, 0) is 73.2 Å². The van der Waals surface area contributed by atoms with Crippen LogP contribution in [0.2, 0.25) is 0 Å². The summed E-state index contributed by atoms with van der Waals surface area (Å²) in [5.74, 6) is 2.22. The van der Waals surface area contributed by atoms with Gasteiger partial charge in [0.1, 0.15) is 11.5 Å². The highest BCUT2D eigenvalue weighted by molar-refractivity contribution is 5.99. The zero-order chi connectivity index (χ0) is 18.5. The number of benzene rings is 2. The van der Waals surface area contributed by atoms with Crippen LogP contribution in [0.3, 0.4) is 0 Å². The minimum Gasteiger partial charge on any atom is -0.497 e. The third-order valence-corrected chi connectivity index (χ3v) is 4.93. The maximum absolute atomic E-state index is 11.4. The molecule has 0 N–H and O–H groups in total. The Balaban J connectivity index is 0.000000151. The summed E-state index contributed by atoms with van der Waals surface area (Å²) in [6.45, 7) is 0. The molecule has 0 saturated carbocycles. The summed E-state index contributed by atoms with van der Waals surface area (Å²) in [6.07, 6.45) is 5.33. The fourth-order valence-electron chi connectivity index (χ4n) is 3.50. The largest absolute Gasteiger partial charge is 0.497 e. The molecule has 0 spiro atoms. The van der Waals surface area contributed by atoms with Gasteiger partial charge in [-0.2, -0.15) is 0 Å². The molecular formula is C22H24O4. The number of hydrogen-bond donors (Lipinski definition) is 0. The van der Waals surface area contributed by atoms with Gasteiger partial charge in [-0.1, -0.05) is 0 Å². The predicted molar refractivity (Wildman–Crippen MR) is 101 cm³/mol. The Bertz CT molecular complexity index is 753. The molecule has 0 aliphatic heterocycles. The lowest BCUT2D eigenvalue weighted by atomic mass is 9.91. The summed E-state index contributed by atoms with van der Waals surface area (Å²) in [6, 6.07) is 11.4. The number of fused-ring (bicyclic) bond motifs is 2. The molecule has 26 heavy (non-hydrogen) atoms. The molecule has 0 saturated heterocycles. The third-order valence-electron chi connectivity index (χ3n) is 4.93. The molecule has 136 valence electrons. The molecule has 0 heterocycles. The lowest BCUT2D eigenvalue weighted by Crippen LogP contribution is -2.10. The predicted octanol–water partition coefficient (Wildman–Crippen LogP) is 4.43. The van der Waals surface area contributed by atoms with Gasteiger partial charge in [0.25, 0.3) is 0 Å². The van der Waals surface area contributed by atoms with Crippen LogP contribution in [0.25, 0.3) is 0 Å². The van der Waals surface area contributed by atoms with Crippen molar-refractivity contribution in [2.45, 2.75) is 38.5 Å². The van der Waals surface area contributed by atoms with Crippen molar-refractivity contribution < 1.29 is 19.1 Å². The number of carbonyl (C=O) groups is 2. The van der Waals surface area contributed by atoms with Crippen molar-refractivity contribution in [1.82, 2.24) is 0 Å². The molecule has 0 unspecified atom stereocenters. The van der Waals surface area contributed by atoms with Gasteiger partial charge in [-0.3, -0.25) is 9.59 Å². The first-order chi connectivity index (χ1) is 12.6. The minimum absolute atomic E-state index is 0.268. The van der Waals surface area contributed by atoms with E-state index >= 15 is 0 Å². The normalized spacial score (nSPS) is 15.3. The van der Waals surface area contributed by atoms with Crippen LogP contribution < -0.4 is 9.47 Å². The fourth-order valence-corrected chi connectivity index (χ4v) is 3.50. The van der Waals surface area contributed by atoms with Crippen LogP contribution in [-0.4, -0.2) is 25.8 Å². The van der Waals surface area contributed by atoms with E-state index in [-0.39, 0.29) is 11.6 Å². The van der Waals surface area contributed by atoms with E-state index in [4.69, 9.17) is 9.47 Å². The van der Waals surface area contributed by atoms with Gasteiger partial charge >= 0.3 is 0 Å². The SMILES string of the molecule is COc1ccc2c(c1)CCCC2=O.COc1ccc2c(c1)CCCC2=O. The summed E-state index contributed by atoms with van der Waals surface area (Å²) < 4.78 is 10.2. The smallest absolute Gasteiger partial charge is 0.163 e. The monoisotopic (exact) mass is 352 g/mol. The standard InChI is InChI=1S/2C11H12O2/c2*1-13-9-5-6-10-8(7-9)3-2-4-11(10)12/h2*5-7H,2-4H2,1H3. The number of aryl methyl sites for hydroxylation is 2. The Morgan fingerprint density at radius 3 is 1.46 bits per heavy atom. The highest BCUT2D eigenvalue weighted by atomic mass is 16.5. The van der Waals surface area contributed by atoms with Crippen LogP contribution in [0.15, 0.2) is 36.4 Å². The number of carbonyl (C=O) groups excluding carboxylic acids is 2. The summed E-state index contributed by atoms with van der Waals surface area (Å²) >= 11 is 0. The van der Waals surface area contributed by atoms with E-state index in [9.17, 15) is 9.59 Å². The lowest BCUT2D eigenvalue weighted by molar-refractivity contribution is 0.0964. The molecule has 4 heteroatoms. The summed E-state index contributed by atoms with van der Waals surface area (Å²) in [4.78, 5) is 22.9. The van der Waals surface area contributed by atoms with E-state index in [1.54, 1.807) is 14.2 Å². The first-order valence-electron chi connectivity index (χ1n) is 9.02. The molecule has 4 rings (SSSR count).